The Balaban J connectivity index is 2.81. The van der Waals surface area contributed by atoms with Crippen LogP contribution in [-0.4, -0.2) is 37.2 Å². The summed E-state index contributed by atoms with van der Waals surface area (Å²) in [4.78, 5) is 34.9. The second-order valence-corrected chi connectivity index (χ2v) is 4.65. The minimum atomic E-state index is -0.926. The van der Waals surface area contributed by atoms with E-state index in [1.165, 1.54) is 18.2 Å². The van der Waals surface area contributed by atoms with Crippen LogP contribution in [0.5, 0.6) is 0 Å². The molecule has 1 atom stereocenters. The van der Waals surface area contributed by atoms with E-state index in [4.69, 9.17) is 15.0 Å². The van der Waals surface area contributed by atoms with Crippen molar-refractivity contribution < 1.29 is 23.9 Å². The Morgan fingerprint density at radius 1 is 1.29 bits per heavy atom. The first-order chi connectivity index (χ1) is 11.5. The predicted molar refractivity (Wildman–Crippen MR) is 84.7 cm³/mol. The fraction of sp³-hybridized carbons (Fsp3) is 0.312. The lowest BCUT2D eigenvalue weighted by atomic mass is 10.0. The first-order valence-corrected chi connectivity index (χ1v) is 7.23. The molecule has 0 saturated carbocycles. The number of amides is 2. The van der Waals surface area contributed by atoms with Gasteiger partial charge in [-0.25, -0.2) is 15.1 Å². The molecule has 2 N–H and O–H groups in total. The highest BCUT2D eigenvalue weighted by atomic mass is 16.6. The maximum atomic E-state index is 12.0. The van der Waals surface area contributed by atoms with Crippen LogP contribution in [0.3, 0.4) is 0 Å². The Morgan fingerprint density at radius 3 is 2.50 bits per heavy atom. The van der Waals surface area contributed by atoms with E-state index in [1.54, 1.807) is 19.1 Å². The normalized spacial score (nSPS) is 11.0. The van der Waals surface area contributed by atoms with Crippen LogP contribution >= 0.6 is 0 Å². The van der Waals surface area contributed by atoms with Crippen molar-refractivity contribution in [3.63, 3.8) is 0 Å². The summed E-state index contributed by atoms with van der Waals surface area (Å²) in [5.74, 6) is -1.25. The highest BCUT2D eigenvalue weighted by Crippen LogP contribution is 2.09. The van der Waals surface area contributed by atoms with E-state index in [0.717, 1.165) is 0 Å². The molecule has 0 heterocycles. The molecule has 0 aliphatic rings. The van der Waals surface area contributed by atoms with Gasteiger partial charge in [-0.15, -0.1) is 5.11 Å². The maximum Gasteiger partial charge on any atom is 0.408 e. The summed E-state index contributed by atoms with van der Waals surface area (Å²) in [6, 6.07) is 5.29. The molecule has 1 aromatic rings. The fourth-order valence-corrected chi connectivity index (χ4v) is 1.84. The van der Waals surface area contributed by atoms with Gasteiger partial charge in [0.2, 0.25) is 0 Å². The molecule has 0 aromatic heterocycles. The lowest BCUT2D eigenvalue weighted by Gasteiger charge is -2.17. The smallest absolute Gasteiger partial charge is 0.408 e. The van der Waals surface area contributed by atoms with E-state index in [-0.39, 0.29) is 25.2 Å². The van der Waals surface area contributed by atoms with Crippen molar-refractivity contribution in [2.75, 3.05) is 13.2 Å². The molecular weight excluding hydrogens is 314 g/mol. The number of hydrogen-bond donors (Lipinski definition) is 2. The second kappa shape index (κ2) is 9.88. The second-order valence-electron chi connectivity index (χ2n) is 4.65. The molecule has 0 radical (unpaired) electrons. The summed E-state index contributed by atoms with van der Waals surface area (Å²) in [6.45, 7) is 5.29. The fourth-order valence-electron chi connectivity index (χ4n) is 1.84. The average Bonchev–Trinajstić information content (AvgIpc) is 2.59. The van der Waals surface area contributed by atoms with Gasteiger partial charge in [0.1, 0.15) is 12.6 Å². The Labute approximate surface area is 139 Å². The molecule has 8 heteroatoms. The van der Waals surface area contributed by atoms with Crippen LogP contribution in [0, 0.1) is 5.53 Å². The SMILES string of the molecule is C=CCOC(=O)N[C@@H](Cc1ccc(C(=O)N=N)cc1)C(=O)OCC. The molecular formula is C16H19N3O5. The first-order valence-electron chi connectivity index (χ1n) is 7.23. The molecule has 1 aromatic carbocycles. The first kappa shape index (κ1) is 19.0. The van der Waals surface area contributed by atoms with Gasteiger partial charge in [-0.1, -0.05) is 24.8 Å². The molecule has 0 aliphatic carbocycles. The third kappa shape index (κ3) is 5.99. The lowest BCUT2D eigenvalue weighted by Crippen LogP contribution is -2.43. The topological polar surface area (TPSA) is 118 Å². The number of ether oxygens (including phenoxy) is 2. The molecule has 8 nitrogen and oxygen atoms in total. The van der Waals surface area contributed by atoms with Crippen LogP contribution in [0.2, 0.25) is 0 Å². The van der Waals surface area contributed by atoms with Crippen LogP contribution in [0.25, 0.3) is 0 Å². The van der Waals surface area contributed by atoms with E-state index in [9.17, 15) is 14.4 Å². The van der Waals surface area contributed by atoms with Gasteiger partial charge in [0, 0.05) is 12.0 Å². The molecule has 0 aliphatic heterocycles. The summed E-state index contributed by atoms with van der Waals surface area (Å²) < 4.78 is 9.74. The highest BCUT2D eigenvalue weighted by Gasteiger charge is 2.23. The number of benzene rings is 1. The Bertz CT molecular complexity index is 613. The monoisotopic (exact) mass is 333 g/mol. The van der Waals surface area contributed by atoms with Crippen molar-refractivity contribution in [1.82, 2.24) is 5.32 Å². The largest absolute Gasteiger partial charge is 0.464 e. The molecule has 0 bridgehead atoms. The Hall–Kier alpha value is -3.03. The minimum Gasteiger partial charge on any atom is -0.464 e. The van der Waals surface area contributed by atoms with Crippen molar-refractivity contribution in [1.29, 1.82) is 5.53 Å². The number of nitrogens with zero attached hydrogens (tertiary/aromatic N) is 1. The maximum absolute atomic E-state index is 12.0. The zero-order valence-electron chi connectivity index (χ0n) is 13.3. The van der Waals surface area contributed by atoms with Crippen LogP contribution in [0.4, 0.5) is 4.79 Å². The summed E-state index contributed by atoms with van der Waals surface area (Å²) in [5, 5.41) is 5.26. The molecule has 128 valence electrons. The highest BCUT2D eigenvalue weighted by molar-refractivity contribution is 5.94. The summed E-state index contributed by atoms with van der Waals surface area (Å²) in [5.41, 5.74) is 7.65. The van der Waals surface area contributed by atoms with Crippen molar-refractivity contribution in [2.24, 2.45) is 5.11 Å². The number of nitrogens with one attached hydrogen (secondary N) is 2. The van der Waals surface area contributed by atoms with Gasteiger partial charge >= 0.3 is 12.1 Å². The Kier molecular flexibility index (Phi) is 7.83. The molecule has 1 rings (SSSR count). The van der Waals surface area contributed by atoms with E-state index >= 15 is 0 Å². The minimum absolute atomic E-state index is 0.0226. The van der Waals surface area contributed by atoms with Crippen molar-refractivity contribution in [3.05, 3.63) is 48.0 Å². The van der Waals surface area contributed by atoms with Crippen LogP contribution in [0.1, 0.15) is 22.8 Å². The van der Waals surface area contributed by atoms with Gasteiger partial charge in [0.25, 0.3) is 5.91 Å². The summed E-state index contributed by atoms with van der Waals surface area (Å²) in [6.07, 6.45) is 0.813. The van der Waals surface area contributed by atoms with Crippen LogP contribution < -0.4 is 5.32 Å². The van der Waals surface area contributed by atoms with Gasteiger partial charge in [-0.3, -0.25) is 4.79 Å². The van der Waals surface area contributed by atoms with E-state index in [0.29, 0.717) is 5.56 Å². The van der Waals surface area contributed by atoms with Crippen molar-refractivity contribution >= 4 is 18.0 Å². The third-order valence-corrected chi connectivity index (χ3v) is 2.94. The van der Waals surface area contributed by atoms with Gasteiger partial charge < -0.3 is 14.8 Å². The van der Waals surface area contributed by atoms with Gasteiger partial charge in [0.05, 0.1) is 6.61 Å². The molecule has 0 spiro atoms. The standard InChI is InChI=1S/C16H19N3O5/c1-3-9-24-16(22)18-13(15(21)23-4-2)10-11-5-7-12(8-6-11)14(20)19-17/h3,5-8,13,17H,1,4,9-10H2,2H3,(H,18,22)/t13-/m0/s1. The summed E-state index contributed by atoms with van der Waals surface area (Å²) >= 11 is 0. The number of esters is 1. The number of hydrogen-bond acceptors (Lipinski definition) is 6. The third-order valence-electron chi connectivity index (χ3n) is 2.94. The van der Waals surface area contributed by atoms with E-state index in [1.807, 2.05) is 0 Å². The number of carbonyl (C=O) groups is 3. The molecule has 0 saturated heterocycles. The van der Waals surface area contributed by atoms with Gasteiger partial charge in [-0.2, -0.15) is 0 Å². The van der Waals surface area contributed by atoms with Gasteiger partial charge in [-0.05, 0) is 24.6 Å². The molecule has 0 unspecified atom stereocenters. The average molecular weight is 333 g/mol. The van der Waals surface area contributed by atoms with Crippen molar-refractivity contribution in [2.45, 2.75) is 19.4 Å². The summed E-state index contributed by atoms with van der Waals surface area (Å²) in [7, 11) is 0. The van der Waals surface area contributed by atoms with Crippen molar-refractivity contribution in [3.8, 4) is 0 Å². The molecule has 24 heavy (non-hydrogen) atoms. The zero-order chi connectivity index (χ0) is 17.9. The number of carbonyl (C=O) groups excluding carboxylic acids is 3. The molecule has 2 amide bonds. The Morgan fingerprint density at radius 2 is 1.96 bits per heavy atom. The van der Waals surface area contributed by atoms with Crippen LogP contribution in [-0.2, 0) is 20.7 Å². The lowest BCUT2D eigenvalue weighted by molar-refractivity contribution is -0.145. The predicted octanol–water partition coefficient (Wildman–Crippen LogP) is 2.24. The molecule has 0 fully saturated rings. The zero-order valence-corrected chi connectivity index (χ0v) is 13.3. The van der Waals surface area contributed by atoms with Gasteiger partial charge in [0.15, 0.2) is 0 Å². The van der Waals surface area contributed by atoms with Crippen LogP contribution in [0.15, 0.2) is 42.0 Å². The van der Waals surface area contributed by atoms with E-state index < -0.39 is 24.0 Å². The number of alkyl carbamates (subject to hydrolysis) is 1. The number of rotatable bonds is 8. The van der Waals surface area contributed by atoms with E-state index in [2.05, 4.69) is 17.0 Å². The quantitative estimate of drug-likeness (QED) is 0.430.